The molecule has 162 valence electrons. The third kappa shape index (κ3) is 3.63. The number of carbonyl (C=O) groups excluding carboxylic acids is 1. The van der Waals surface area contributed by atoms with Crippen LogP contribution in [0.3, 0.4) is 0 Å². The predicted octanol–water partition coefficient (Wildman–Crippen LogP) is 3.39. The molecule has 1 fully saturated rings. The van der Waals surface area contributed by atoms with Crippen LogP contribution in [0.25, 0.3) is 16.6 Å². The Morgan fingerprint density at radius 3 is 2.52 bits per heavy atom. The molecule has 0 aliphatic carbocycles. The lowest BCUT2D eigenvalue weighted by Gasteiger charge is -2.26. The number of hydrogen-bond donors (Lipinski definition) is 0. The summed E-state index contributed by atoms with van der Waals surface area (Å²) in [5.41, 5.74) is -0.397. The number of amides is 1. The summed E-state index contributed by atoms with van der Waals surface area (Å²) < 4.78 is 7.88. The van der Waals surface area contributed by atoms with Gasteiger partial charge in [0, 0.05) is 18.1 Å². The van der Waals surface area contributed by atoms with Crippen molar-refractivity contribution in [3.63, 3.8) is 0 Å². The second kappa shape index (κ2) is 8.59. The Hall–Kier alpha value is -3.06. The molecule has 3 aromatic rings. The fourth-order valence-electron chi connectivity index (χ4n) is 4.25. The van der Waals surface area contributed by atoms with Crippen LogP contribution in [-0.2, 0) is 4.79 Å². The number of methoxy groups -OCH3 is 1. The summed E-state index contributed by atoms with van der Waals surface area (Å²) >= 11 is 6.21. The maximum Gasteiger partial charge on any atom is 0.337 e. The number of likely N-dealkylation sites (tertiary alicyclic amines) is 1. The molecule has 1 aliphatic rings. The van der Waals surface area contributed by atoms with E-state index >= 15 is 0 Å². The van der Waals surface area contributed by atoms with E-state index in [1.165, 1.54) is 11.7 Å². The van der Waals surface area contributed by atoms with Gasteiger partial charge in [0.1, 0.15) is 11.8 Å². The first kappa shape index (κ1) is 21.2. The van der Waals surface area contributed by atoms with E-state index in [4.69, 9.17) is 16.3 Å². The van der Waals surface area contributed by atoms with E-state index < -0.39 is 17.3 Å². The summed E-state index contributed by atoms with van der Waals surface area (Å²) in [5.74, 6) is 0.272. The molecule has 0 radical (unpaired) electrons. The molecule has 1 aliphatic heterocycles. The van der Waals surface area contributed by atoms with Crippen LogP contribution in [0.2, 0.25) is 5.02 Å². The van der Waals surface area contributed by atoms with Crippen LogP contribution in [0.5, 0.6) is 5.75 Å². The van der Waals surface area contributed by atoms with Crippen molar-refractivity contribution in [2.45, 2.75) is 32.2 Å². The average molecular weight is 442 g/mol. The van der Waals surface area contributed by atoms with E-state index in [2.05, 4.69) is 0 Å². The van der Waals surface area contributed by atoms with Gasteiger partial charge < -0.3 is 9.64 Å². The monoisotopic (exact) mass is 441 g/mol. The minimum atomic E-state index is -0.742. The van der Waals surface area contributed by atoms with Crippen LogP contribution < -0.4 is 16.0 Å². The molecule has 1 aromatic heterocycles. The second-order valence-corrected chi connectivity index (χ2v) is 8.02. The topological polar surface area (TPSA) is 73.5 Å². The van der Waals surface area contributed by atoms with Gasteiger partial charge in [0.25, 0.3) is 5.56 Å². The maximum atomic E-state index is 13.8. The first-order valence-corrected chi connectivity index (χ1v) is 10.7. The van der Waals surface area contributed by atoms with Crippen LogP contribution in [0.1, 0.15) is 32.2 Å². The normalized spacial score (nSPS) is 14.7. The fourth-order valence-corrected chi connectivity index (χ4v) is 4.41. The van der Waals surface area contributed by atoms with E-state index in [0.717, 1.165) is 17.4 Å². The van der Waals surface area contributed by atoms with E-state index in [1.807, 2.05) is 6.92 Å². The van der Waals surface area contributed by atoms with Crippen molar-refractivity contribution in [1.29, 1.82) is 0 Å². The SMILES string of the molecule is CCC(C(=O)N1CCCC1)n1c(=O)n(-c2ccccc2OC)c(=O)c2ccc(Cl)cc21. The van der Waals surface area contributed by atoms with Crippen LogP contribution in [-0.4, -0.2) is 40.1 Å². The van der Waals surface area contributed by atoms with E-state index in [0.29, 0.717) is 46.9 Å². The van der Waals surface area contributed by atoms with Gasteiger partial charge in [-0.05, 0) is 49.6 Å². The summed E-state index contributed by atoms with van der Waals surface area (Å²) in [6, 6.07) is 10.9. The number of aromatic nitrogens is 2. The molecular formula is C23H24ClN3O4. The number of benzene rings is 2. The zero-order valence-electron chi connectivity index (χ0n) is 17.5. The minimum absolute atomic E-state index is 0.117. The Morgan fingerprint density at radius 1 is 1.13 bits per heavy atom. The van der Waals surface area contributed by atoms with E-state index in [1.54, 1.807) is 47.4 Å². The number of hydrogen-bond acceptors (Lipinski definition) is 4. The molecule has 0 spiro atoms. The smallest absolute Gasteiger partial charge is 0.337 e. The van der Waals surface area contributed by atoms with Gasteiger partial charge in [0.15, 0.2) is 0 Å². The van der Waals surface area contributed by atoms with Crippen molar-refractivity contribution in [2.24, 2.45) is 0 Å². The number of halogens is 1. The Balaban J connectivity index is 2.06. The predicted molar refractivity (Wildman–Crippen MR) is 121 cm³/mol. The van der Waals surface area contributed by atoms with Crippen molar-refractivity contribution in [3.05, 3.63) is 68.3 Å². The number of fused-ring (bicyclic) bond motifs is 1. The molecule has 31 heavy (non-hydrogen) atoms. The van der Waals surface area contributed by atoms with Crippen LogP contribution in [0.15, 0.2) is 52.1 Å². The van der Waals surface area contributed by atoms with Gasteiger partial charge in [-0.1, -0.05) is 30.7 Å². The summed E-state index contributed by atoms with van der Waals surface area (Å²) in [5, 5.41) is 0.696. The molecule has 0 bridgehead atoms. The van der Waals surface area contributed by atoms with Crippen molar-refractivity contribution in [3.8, 4) is 11.4 Å². The molecule has 0 N–H and O–H groups in total. The minimum Gasteiger partial charge on any atom is -0.495 e. The van der Waals surface area contributed by atoms with E-state index in [9.17, 15) is 14.4 Å². The molecule has 1 saturated heterocycles. The Morgan fingerprint density at radius 2 is 1.84 bits per heavy atom. The van der Waals surface area contributed by atoms with Crippen molar-refractivity contribution in [2.75, 3.05) is 20.2 Å². The van der Waals surface area contributed by atoms with Gasteiger partial charge >= 0.3 is 5.69 Å². The molecule has 0 saturated carbocycles. The van der Waals surface area contributed by atoms with Gasteiger partial charge in [-0.25, -0.2) is 9.36 Å². The van der Waals surface area contributed by atoms with Crippen LogP contribution in [0, 0.1) is 0 Å². The highest BCUT2D eigenvalue weighted by Crippen LogP contribution is 2.25. The largest absolute Gasteiger partial charge is 0.495 e. The molecule has 7 nitrogen and oxygen atoms in total. The third-order valence-corrected chi connectivity index (χ3v) is 6.01. The second-order valence-electron chi connectivity index (χ2n) is 7.58. The highest BCUT2D eigenvalue weighted by atomic mass is 35.5. The highest BCUT2D eigenvalue weighted by molar-refractivity contribution is 6.31. The van der Waals surface area contributed by atoms with Crippen molar-refractivity contribution >= 4 is 28.4 Å². The average Bonchev–Trinajstić information content (AvgIpc) is 3.31. The number of para-hydroxylation sites is 2. The number of nitrogens with zero attached hydrogens (tertiary/aromatic N) is 3. The zero-order valence-corrected chi connectivity index (χ0v) is 18.3. The van der Waals surface area contributed by atoms with Gasteiger partial charge in [0.2, 0.25) is 5.91 Å². The molecule has 1 unspecified atom stereocenters. The molecular weight excluding hydrogens is 418 g/mol. The molecule has 8 heteroatoms. The van der Waals surface area contributed by atoms with Gasteiger partial charge in [0.05, 0.1) is 23.7 Å². The Bertz CT molecular complexity index is 1260. The lowest BCUT2D eigenvalue weighted by molar-refractivity contribution is -0.133. The van der Waals surface area contributed by atoms with Crippen molar-refractivity contribution < 1.29 is 9.53 Å². The highest BCUT2D eigenvalue weighted by Gasteiger charge is 2.30. The lowest BCUT2D eigenvalue weighted by atomic mass is 10.1. The van der Waals surface area contributed by atoms with Crippen molar-refractivity contribution in [1.82, 2.24) is 14.0 Å². The standard InChI is InChI=1S/C23H24ClN3O4/c1-3-17(22(29)25-12-6-7-13-25)26-19-14-15(24)10-11-16(19)21(28)27(23(26)30)18-8-4-5-9-20(18)31-2/h4-5,8-11,14,17H,3,6-7,12-13H2,1-2H3. The number of rotatable bonds is 5. The quantitative estimate of drug-likeness (QED) is 0.608. The summed E-state index contributed by atoms with van der Waals surface area (Å²) in [6.07, 6.45) is 2.30. The summed E-state index contributed by atoms with van der Waals surface area (Å²) in [4.78, 5) is 42.3. The molecule has 2 aromatic carbocycles. The molecule has 2 heterocycles. The summed E-state index contributed by atoms with van der Waals surface area (Å²) in [7, 11) is 1.48. The Kier molecular flexibility index (Phi) is 5.87. The molecule has 1 amide bonds. The fraction of sp³-hybridized carbons (Fsp3) is 0.348. The third-order valence-electron chi connectivity index (χ3n) is 5.78. The van der Waals surface area contributed by atoms with E-state index in [-0.39, 0.29) is 5.91 Å². The van der Waals surface area contributed by atoms with Gasteiger partial charge in [-0.15, -0.1) is 0 Å². The maximum absolute atomic E-state index is 13.8. The summed E-state index contributed by atoms with van der Waals surface area (Å²) in [6.45, 7) is 3.21. The molecule has 1 atom stereocenters. The first-order valence-electron chi connectivity index (χ1n) is 10.4. The van der Waals surface area contributed by atoms with Crippen LogP contribution >= 0.6 is 11.6 Å². The molecule has 4 rings (SSSR count). The lowest BCUT2D eigenvalue weighted by Crippen LogP contribution is -2.45. The van der Waals surface area contributed by atoms with Crippen LogP contribution in [0.4, 0.5) is 0 Å². The zero-order chi connectivity index (χ0) is 22.1. The van der Waals surface area contributed by atoms with Gasteiger partial charge in [-0.3, -0.25) is 14.2 Å². The number of carbonyl (C=O) groups is 1. The Labute approximate surface area is 184 Å². The first-order chi connectivity index (χ1) is 15.0. The number of ether oxygens (including phenoxy) is 1. The van der Waals surface area contributed by atoms with Gasteiger partial charge in [-0.2, -0.15) is 0 Å².